The molecular formula is C21H26N4O2S. The summed E-state index contributed by atoms with van der Waals surface area (Å²) in [7, 11) is 0. The highest BCUT2D eigenvalue weighted by molar-refractivity contribution is 7.13. The minimum Gasteiger partial charge on any atom is -0.494 e. The summed E-state index contributed by atoms with van der Waals surface area (Å²) in [5.41, 5.74) is 3.24. The van der Waals surface area contributed by atoms with Crippen LogP contribution < -0.4 is 4.74 Å². The van der Waals surface area contributed by atoms with Crippen molar-refractivity contribution in [1.82, 2.24) is 19.9 Å². The van der Waals surface area contributed by atoms with Gasteiger partial charge in [-0.05, 0) is 38.1 Å². The van der Waals surface area contributed by atoms with Crippen molar-refractivity contribution in [3.8, 4) is 16.3 Å². The van der Waals surface area contributed by atoms with Crippen molar-refractivity contribution in [3.05, 3.63) is 52.9 Å². The first-order chi connectivity index (χ1) is 13.7. The van der Waals surface area contributed by atoms with Crippen molar-refractivity contribution in [2.45, 2.75) is 26.9 Å². The lowest BCUT2D eigenvalue weighted by molar-refractivity contribution is 0.113. The smallest absolute Gasteiger partial charge is 0.150 e. The van der Waals surface area contributed by atoms with Crippen molar-refractivity contribution >= 4 is 11.3 Å². The predicted octanol–water partition coefficient (Wildman–Crippen LogP) is 3.82. The molecule has 6 nitrogen and oxygen atoms in total. The second-order valence-corrected chi connectivity index (χ2v) is 7.95. The number of benzene rings is 1. The summed E-state index contributed by atoms with van der Waals surface area (Å²) in [6.07, 6.45) is 0. The fourth-order valence-corrected chi connectivity index (χ4v) is 4.24. The second kappa shape index (κ2) is 8.86. The summed E-state index contributed by atoms with van der Waals surface area (Å²) in [5.74, 6) is 1.85. The second-order valence-electron chi connectivity index (χ2n) is 7.09. The molecule has 28 heavy (non-hydrogen) atoms. The predicted molar refractivity (Wildman–Crippen MR) is 111 cm³/mol. The zero-order valence-electron chi connectivity index (χ0n) is 16.4. The molecule has 1 aliphatic heterocycles. The van der Waals surface area contributed by atoms with Gasteiger partial charge in [0.05, 0.1) is 24.5 Å². The zero-order chi connectivity index (χ0) is 19.3. The quantitative estimate of drug-likeness (QED) is 0.603. The van der Waals surface area contributed by atoms with Gasteiger partial charge >= 0.3 is 0 Å². The Bertz CT molecular complexity index is 882. The topological polar surface area (TPSA) is 54.6 Å². The van der Waals surface area contributed by atoms with Crippen LogP contribution in [0.4, 0.5) is 0 Å². The van der Waals surface area contributed by atoms with Crippen LogP contribution in [0.3, 0.4) is 0 Å². The van der Waals surface area contributed by atoms with Crippen LogP contribution in [-0.4, -0.2) is 52.7 Å². The van der Waals surface area contributed by atoms with Crippen LogP contribution in [0.15, 0.2) is 40.2 Å². The Morgan fingerprint density at radius 2 is 1.79 bits per heavy atom. The molecule has 0 amide bonds. The number of thiazole rings is 1. The fraction of sp³-hybridized carbons (Fsp3) is 0.429. The van der Waals surface area contributed by atoms with Crippen LogP contribution in [0, 0.1) is 6.92 Å². The van der Waals surface area contributed by atoms with E-state index in [1.807, 2.05) is 32.0 Å². The van der Waals surface area contributed by atoms with E-state index in [4.69, 9.17) is 14.2 Å². The summed E-state index contributed by atoms with van der Waals surface area (Å²) in [6, 6.07) is 10.2. The Kier molecular flexibility index (Phi) is 6.04. The molecular weight excluding hydrogens is 372 g/mol. The van der Waals surface area contributed by atoms with E-state index in [9.17, 15) is 0 Å². The molecule has 1 aromatic carbocycles. The van der Waals surface area contributed by atoms with E-state index in [-0.39, 0.29) is 0 Å². The molecule has 0 N–H and O–H groups in total. The molecule has 3 heterocycles. The largest absolute Gasteiger partial charge is 0.494 e. The number of piperazine rings is 1. The van der Waals surface area contributed by atoms with Gasteiger partial charge in [-0.1, -0.05) is 5.16 Å². The summed E-state index contributed by atoms with van der Waals surface area (Å²) < 4.78 is 10.8. The van der Waals surface area contributed by atoms with E-state index in [0.717, 1.165) is 72.7 Å². The van der Waals surface area contributed by atoms with Crippen molar-refractivity contribution < 1.29 is 9.26 Å². The third kappa shape index (κ3) is 4.79. The van der Waals surface area contributed by atoms with E-state index in [2.05, 4.69) is 32.5 Å². The Hall–Kier alpha value is -2.22. The first kappa shape index (κ1) is 19.1. The van der Waals surface area contributed by atoms with Crippen LogP contribution in [0.5, 0.6) is 5.75 Å². The zero-order valence-corrected chi connectivity index (χ0v) is 17.2. The number of aromatic nitrogens is 2. The highest BCUT2D eigenvalue weighted by Gasteiger charge is 2.19. The van der Waals surface area contributed by atoms with Crippen LogP contribution in [0.25, 0.3) is 10.6 Å². The van der Waals surface area contributed by atoms with Crippen LogP contribution in [0.2, 0.25) is 0 Å². The normalized spacial score (nSPS) is 15.8. The fourth-order valence-electron chi connectivity index (χ4n) is 3.42. The Balaban J connectivity index is 1.28. The minimum absolute atomic E-state index is 0.687. The average Bonchev–Trinajstić information content (AvgIpc) is 3.33. The molecule has 4 rings (SSSR count). The van der Waals surface area contributed by atoms with E-state index < -0.39 is 0 Å². The lowest BCUT2D eigenvalue weighted by atomic mass is 10.2. The highest BCUT2D eigenvalue weighted by Crippen LogP contribution is 2.26. The number of nitrogens with zero attached hydrogens (tertiary/aromatic N) is 4. The number of hydrogen-bond acceptors (Lipinski definition) is 7. The molecule has 0 bridgehead atoms. The Morgan fingerprint density at radius 1 is 1.07 bits per heavy atom. The summed E-state index contributed by atoms with van der Waals surface area (Å²) in [4.78, 5) is 9.73. The minimum atomic E-state index is 0.687. The number of aryl methyl sites for hydroxylation is 1. The Morgan fingerprint density at radius 3 is 2.43 bits per heavy atom. The SMILES string of the molecule is CCOc1ccc(-c2nc(CN3CCN(Cc4cc(C)no4)CC3)cs2)cc1. The number of ether oxygens (including phenoxy) is 1. The average molecular weight is 399 g/mol. The van der Waals surface area contributed by atoms with Gasteiger partial charge in [-0.2, -0.15) is 0 Å². The number of hydrogen-bond donors (Lipinski definition) is 0. The molecule has 148 valence electrons. The van der Waals surface area contributed by atoms with Gasteiger partial charge in [0.1, 0.15) is 10.8 Å². The summed E-state index contributed by atoms with van der Waals surface area (Å²) in [5, 5.41) is 7.21. The first-order valence-electron chi connectivity index (χ1n) is 9.74. The van der Waals surface area contributed by atoms with E-state index >= 15 is 0 Å². The van der Waals surface area contributed by atoms with Gasteiger partial charge in [0.25, 0.3) is 0 Å². The van der Waals surface area contributed by atoms with Crippen molar-refractivity contribution in [3.63, 3.8) is 0 Å². The van der Waals surface area contributed by atoms with Gasteiger partial charge in [-0.15, -0.1) is 11.3 Å². The maximum Gasteiger partial charge on any atom is 0.150 e. The van der Waals surface area contributed by atoms with Gasteiger partial charge in [0, 0.05) is 49.7 Å². The molecule has 1 fully saturated rings. The van der Waals surface area contributed by atoms with Crippen molar-refractivity contribution in [2.75, 3.05) is 32.8 Å². The number of rotatable bonds is 7. The van der Waals surface area contributed by atoms with E-state index in [1.54, 1.807) is 11.3 Å². The lowest BCUT2D eigenvalue weighted by Gasteiger charge is -2.33. The maximum absolute atomic E-state index is 5.51. The van der Waals surface area contributed by atoms with Gasteiger partial charge in [0.2, 0.25) is 0 Å². The lowest BCUT2D eigenvalue weighted by Crippen LogP contribution is -2.45. The third-order valence-corrected chi connectivity index (χ3v) is 5.81. The molecule has 0 aliphatic carbocycles. The van der Waals surface area contributed by atoms with Crippen LogP contribution >= 0.6 is 11.3 Å². The molecule has 7 heteroatoms. The molecule has 3 aromatic rings. The molecule has 2 aromatic heterocycles. The molecule has 0 atom stereocenters. The Labute approximate surface area is 169 Å². The molecule has 1 aliphatic rings. The van der Waals surface area contributed by atoms with Crippen molar-refractivity contribution in [2.24, 2.45) is 0 Å². The first-order valence-corrected chi connectivity index (χ1v) is 10.6. The summed E-state index contributed by atoms with van der Waals surface area (Å²) in [6.45, 7) is 10.6. The van der Waals surface area contributed by atoms with Gasteiger partial charge < -0.3 is 9.26 Å². The molecule has 0 saturated carbocycles. The van der Waals surface area contributed by atoms with Gasteiger partial charge in [-0.3, -0.25) is 9.80 Å². The third-order valence-electron chi connectivity index (χ3n) is 4.87. The standard InChI is InChI=1S/C21H26N4O2S/c1-3-26-19-6-4-17(5-7-19)21-22-18(15-28-21)13-24-8-10-25(11-9-24)14-20-12-16(2)23-27-20/h4-7,12,15H,3,8-11,13-14H2,1-2H3. The van der Waals surface area contributed by atoms with Crippen LogP contribution in [-0.2, 0) is 13.1 Å². The molecule has 0 spiro atoms. The van der Waals surface area contributed by atoms with Gasteiger partial charge in [-0.25, -0.2) is 4.98 Å². The maximum atomic E-state index is 5.51. The van der Waals surface area contributed by atoms with E-state index in [1.165, 1.54) is 0 Å². The molecule has 1 saturated heterocycles. The molecule has 0 unspecified atom stereocenters. The monoisotopic (exact) mass is 398 g/mol. The van der Waals surface area contributed by atoms with E-state index in [0.29, 0.717) is 6.61 Å². The van der Waals surface area contributed by atoms with Crippen molar-refractivity contribution in [1.29, 1.82) is 0 Å². The van der Waals surface area contributed by atoms with Crippen LogP contribution in [0.1, 0.15) is 24.1 Å². The highest BCUT2D eigenvalue weighted by atomic mass is 32.1. The van der Waals surface area contributed by atoms with Gasteiger partial charge in [0.15, 0.2) is 5.76 Å². The molecule has 0 radical (unpaired) electrons. The summed E-state index contributed by atoms with van der Waals surface area (Å²) >= 11 is 1.71.